The Labute approximate surface area is 257 Å². The van der Waals surface area contributed by atoms with Crippen LogP contribution in [-0.4, -0.2) is 75.3 Å². The minimum absolute atomic E-state index is 0.0707. The van der Waals surface area contributed by atoms with E-state index in [-0.39, 0.29) is 47.9 Å². The smallest absolute Gasteiger partial charge is 0.429 e. The van der Waals surface area contributed by atoms with E-state index in [0.29, 0.717) is 56.0 Å². The highest BCUT2D eigenvalue weighted by Crippen LogP contribution is 2.42. The Bertz CT molecular complexity index is 1540. The van der Waals surface area contributed by atoms with E-state index in [0.717, 1.165) is 0 Å². The van der Waals surface area contributed by atoms with Gasteiger partial charge in [0.25, 0.3) is 0 Å². The maximum atomic E-state index is 14.7. The molecule has 0 saturated carbocycles. The second-order valence-electron chi connectivity index (χ2n) is 11.5. The predicted octanol–water partition coefficient (Wildman–Crippen LogP) is 3.76. The summed E-state index contributed by atoms with van der Waals surface area (Å²) in [5.41, 5.74) is 6.94. The summed E-state index contributed by atoms with van der Waals surface area (Å²) in [6, 6.07) is 6.81. The molecule has 3 aromatic rings. The normalized spacial score (nSPS) is 18.6. The van der Waals surface area contributed by atoms with Gasteiger partial charge >= 0.3 is 18.1 Å². The number of nitrogens with one attached hydrogen (secondary N) is 1. The van der Waals surface area contributed by atoms with Crippen LogP contribution in [0.1, 0.15) is 55.5 Å². The first kappa shape index (κ1) is 32.0. The van der Waals surface area contributed by atoms with Crippen LogP contribution in [0.3, 0.4) is 0 Å². The van der Waals surface area contributed by atoms with E-state index in [1.54, 1.807) is 32.2 Å². The van der Waals surface area contributed by atoms with Crippen LogP contribution >= 0.6 is 0 Å². The molecule has 0 amide bonds. The quantitative estimate of drug-likeness (QED) is 0.280. The van der Waals surface area contributed by atoms with Crippen LogP contribution in [0.5, 0.6) is 5.88 Å². The van der Waals surface area contributed by atoms with Gasteiger partial charge in [0.15, 0.2) is 0 Å². The van der Waals surface area contributed by atoms with Crippen LogP contribution in [0.15, 0.2) is 36.5 Å². The molecule has 4 heterocycles. The number of hydrogen-bond acceptors (Lipinski definition) is 10. The molecule has 1 unspecified atom stereocenters. The fourth-order valence-electron chi connectivity index (χ4n) is 5.96. The number of carbonyl (C=O) groups excluding carboxylic acids is 1. The predicted molar refractivity (Wildman–Crippen MR) is 157 cm³/mol. The van der Waals surface area contributed by atoms with Crippen molar-refractivity contribution in [1.82, 2.24) is 25.1 Å². The first-order valence-electron chi connectivity index (χ1n) is 14.8. The van der Waals surface area contributed by atoms with Crippen molar-refractivity contribution in [2.75, 3.05) is 36.9 Å². The molecule has 2 atom stereocenters. The first-order chi connectivity index (χ1) is 21.4. The Hall–Kier alpha value is -4.40. The van der Waals surface area contributed by atoms with E-state index >= 15 is 0 Å². The maximum Gasteiger partial charge on any atom is 0.429 e. The van der Waals surface area contributed by atoms with Crippen LogP contribution in [0.25, 0.3) is 5.69 Å². The van der Waals surface area contributed by atoms with Crippen molar-refractivity contribution in [2.24, 2.45) is 5.41 Å². The van der Waals surface area contributed by atoms with Crippen molar-refractivity contribution in [3.05, 3.63) is 53.3 Å². The highest BCUT2D eigenvalue weighted by atomic mass is 19.4. The molecule has 2 aliphatic rings. The Morgan fingerprint density at radius 2 is 1.96 bits per heavy atom. The lowest BCUT2D eigenvalue weighted by atomic mass is 9.76. The van der Waals surface area contributed by atoms with E-state index in [4.69, 9.17) is 15.2 Å². The number of ether oxygens (including phenoxy) is 2. The number of aliphatic carboxylic acids is 1. The zero-order valence-corrected chi connectivity index (χ0v) is 25.0. The largest absolute Gasteiger partial charge is 0.480 e. The van der Waals surface area contributed by atoms with Gasteiger partial charge in [0.1, 0.15) is 11.9 Å². The Morgan fingerprint density at radius 3 is 2.58 bits per heavy atom. The van der Waals surface area contributed by atoms with Gasteiger partial charge in [-0.3, -0.25) is 9.59 Å². The van der Waals surface area contributed by atoms with Gasteiger partial charge in [-0.05, 0) is 62.6 Å². The number of rotatable bonds is 10. The van der Waals surface area contributed by atoms with Gasteiger partial charge in [-0.15, -0.1) is 0 Å². The third-order valence-corrected chi connectivity index (χ3v) is 8.32. The SMILES string of the molecule is CCOC(=O)CCc1ccc([C@@H](Oc2cc(N3CCC4(CC3)CNC(C(=O)O)C4)nc(N)n2)C(F)(F)F)c(-n2ccc(C)n2)c1. The van der Waals surface area contributed by atoms with E-state index in [2.05, 4.69) is 20.4 Å². The molecule has 45 heavy (non-hydrogen) atoms. The molecule has 4 N–H and O–H groups in total. The molecule has 2 aromatic heterocycles. The first-order valence-corrected chi connectivity index (χ1v) is 14.8. The summed E-state index contributed by atoms with van der Waals surface area (Å²) in [5.74, 6) is -1.54. The van der Waals surface area contributed by atoms with Crippen molar-refractivity contribution in [3.8, 4) is 11.6 Å². The fourth-order valence-corrected chi connectivity index (χ4v) is 5.96. The van der Waals surface area contributed by atoms with Crippen LogP contribution in [0.2, 0.25) is 0 Å². The minimum atomic E-state index is -4.85. The number of carboxylic acid groups (broad SMARTS) is 1. The van der Waals surface area contributed by atoms with Crippen molar-refractivity contribution in [1.29, 1.82) is 0 Å². The van der Waals surface area contributed by atoms with E-state index in [1.807, 2.05) is 4.90 Å². The number of carboxylic acids is 1. The number of piperidine rings is 1. The summed E-state index contributed by atoms with van der Waals surface area (Å²) in [6.45, 7) is 5.28. The van der Waals surface area contributed by atoms with Gasteiger partial charge in [0.05, 0.1) is 18.0 Å². The lowest BCUT2D eigenvalue weighted by Gasteiger charge is -2.39. The number of benzene rings is 1. The lowest BCUT2D eigenvalue weighted by Crippen LogP contribution is -2.41. The highest BCUT2D eigenvalue weighted by Gasteiger charge is 2.46. The highest BCUT2D eigenvalue weighted by molar-refractivity contribution is 5.74. The van der Waals surface area contributed by atoms with Crippen LogP contribution < -0.4 is 20.7 Å². The summed E-state index contributed by atoms with van der Waals surface area (Å²) >= 11 is 0. The number of anilines is 2. The van der Waals surface area contributed by atoms with Crippen LogP contribution in [-0.2, 0) is 20.7 Å². The molecule has 1 spiro atoms. The number of nitrogen functional groups attached to an aromatic ring is 1. The zero-order chi connectivity index (χ0) is 32.4. The summed E-state index contributed by atoms with van der Waals surface area (Å²) in [4.78, 5) is 33.4. The third kappa shape index (κ3) is 7.47. The van der Waals surface area contributed by atoms with Crippen molar-refractivity contribution in [3.63, 3.8) is 0 Å². The second-order valence-corrected chi connectivity index (χ2v) is 11.5. The monoisotopic (exact) mass is 631 g/mol. The number of nitrogens with two attached hydrogens (primary N) is 1. The molecule has 12 nitrogen and oxygen atoms in total. The van der Waals surface area contributed by atoms with Crippen molar-refractivity contribution in [2.45, 2.75) is 64.3 Å². The topological polar surface area (TPSA) is 158 Å². The molecule has 2 saturated heterocycles. The molecule has 15 heteroatoms. The Kier molecular flexibility index (Phi) is 9.18. The van der Waals surface area contributed by atoms with Crippen molar-refractivity contribution < 1.29 is 37.3 Å². The fraction of sp³-hybridized carbons (Fsp3) is 0.500. The van der Waals surface area contributed by atoms with Gasteiger partial charge in [-0.25, -0.2) is 4.68 Å². The minimum Gasteiger partial charge on any atom is -0.480 e. The number of alkyl halides is 3. The molecule has 0 radical (unpaired) electrons. The summed E-state index contributed by atoms with van der Waals surface area (Å²) in [6.07, 6.45) is -3.50. The lowest BCUT2D eigenvalue weighted by molar-refractivity contribution is -0.198. The molecule has 2 fully saturated rings. The molecule has 0 aliphatic carbocycles. The number of hydrogen-bond donors (Lipinski definition) is 3. The van der Waals surface area contributed by atoms with Gasteiger partial charge in [-0.2, -0.15) is 28.2 Å². The van der Waals surface area contributed by atoms with Gasteiger partial charge in [0, 0.05) is 43.9 Å². The zero-order valence-electron chi connectivity index (χ0n) is 25.0. The molecule has 1 aromatic carbocycles. The van der Waals surface area contributed by atoms with E-state index in [1.165, 1.54) is 22.9 Å². The van der Waals surface area contributed by atoms with Gasteiger partial charge in [0.2, 0.25) is 17.9 Å². The molecular formula is C30H36F3N7O5. The number of nitrogens with zero attached hydrogens (tertiary/aromatic N) is 5. The molecule has 5 rings (SSSR count). The van der Waals surface area contributed by atoms with Crippen molar-refractivity contribution >= 4 is 23.7 Å². The number of aryl methyl sites for hydroxylation is 2. The Morgan fingerprint density at radius 1 is 1.20 bits per heavy atom. The van der Waals surface area contributed by atoms with Crippen LogP contribution in [0.4, 0.5) is 24.9 Å². The van der Waals surface area contributed by atoms with Gasteiger partial charge < -0.3 is 30.5 Å². The Balaban J connectivity index is 1.40. The molecule has 0 bridgehead atoms. The van der Waals surface area contributed by atoms with Gasteiger partial charge in [-0.1, -0.05) is 12.1 Å². The summed E-state index contributed by atoms with van der Waals surface area (Å²) in [7, 11) is 0. The maximum absolute atomic E-state index is 14.7. The number of halogens is 3. The number of carbonyl (C=O) groups is 2. The van der Waals surface area contributed by atoms with Crippen LogP contribution in [0, 0.1) is 12.3 Å². The molecule has 2 aliphatic heterocycles. The standard InChI is InChI=1S/C30H36F3N7O5/c1-3-44-25(41)7-5-19-4-6-20(22(14-19)40-11-8-18(2)38-40)26(30(31,32)33)45-24-15-23(36-28(34)37-24)39-12-9-29(10-13-39)16-21(27(42)43)35-17-29/h4,6,8,11,14-15,21,26,35H,3,5,7,9-10,12-13,16-17H2,1-2H3,(H,42,43)(H2,34,36,37)/t21?,26-/m1/s1. The van der Waals surface area contributed by atoms with E-state index < -0.39 is 30.3 Å². The number of aromatic nitrogens is 4. The number of esters is 1. The second kappa shape index (κ2) is 12.9. The summed E-state index contributed by atoms with van der Waals surface area (Å²) in [5, 5.41) is 16.8. The summed E-state index contributed by atoms with van der Waals surface area (Å²) < 4.78 is 56.0. The average molecular weight is 632 g/mol. The average Bonchev–Trinajstić information content (AvgIpc) is 3.61. The van der Waals surface area contributed by atoms with E-state index in [9.17, 15) is 27.9 Å². The molecular weight excluding hydrogens is 595 g/mol. The third-order valence-electron chi connectivity index (χ3n) is 8.32. The molecule has 242 valence electrons.